The lowest BCUT2D eigenvalue weighted by Crippen LogP contribution is -2.53. The number of hydrogen-bond donors (Lipinski definition) is 0. The van der Waals surface area contributed by atoms with Crippen LogP contribution < -0.4 is 0 Å². The number of aryl methyl sites for hydroxylation is 1. The van der Waals surface area contributed by atoms with E-state index >= 15 is 0 Å². The molecule has 1 spiro atoms. The molecule has 10 heteroatoms. The molecule has 1 saturated heterocycles. The minimum absolute atomic E-state index is 0.0988. The van der Waals surface area contributed by atoms with E-state index < -0.39 is 38.1 Å². The van der Waals surface area contributed by atoms with Crippen molar-refractivity contribution in [3.8, 4) is 0 Å². The lowest BCUT2D eigenvalue weighted by atomic mass is 9.69. The number of piperidine rings is 1. The summed E-state index contributed by atoms with van der Waals surface area (Å²) < 4.78 is 81.9. The number of nitrogens with zero attached hydrogens (tertiary/aromatic N) is 1. The molecule has 28 heavy (non-hydrogen) atoms. The molecule has 2 atom stereocenters. The number of benzene rings is 1. The van der Waals surface area contributed by atoms with Crippen molar-refractivity contribution in [3.63, 3.8) is 0 Å². The standard InChI is InChI=1S/C18H24F3NO4S2/c1-14-5-7-16(8-6-14)28(24,25)22-12-15(26-27(23)18(19,20)21)11-17(13-22)9-3-2-4-10-17/h5-8,15H,2-4,9-13H2,1H3. The van der Waals surface area contributed by atoms with E-state index in [4.69, 9.17) is 4.18 Å². The fraction of sp³-hybridized carbons (Fsp3) is 0.667. The molecule has 1 heterocycles. The monoisotopic (exact) mass is 439 g/mol. The summed E-state index contributed by atoms with van der Waals surface area (Å²) in [6.45, 7) is 1.85. The molecule has 0 radical (unpaired) electrons. The third-order valence-electron chi connectivity index (χ3n) is 5.57. The van der Waals surface area contributed by atoms with Gasteiger partial charge in [0.25, 0.3) is 11.1 Å². The van der Waals surface area contributed by atoms with Gasteiger partial charge in [-0.05, 0) is 43.7 Å². The van der Waals surface area contributed by atoms with Gasteiger partial charge in [0.2, 0.25) is 10.0 Å². The van der Waals surface area contributed by atoms with Crippen LogP contribution in [0.4, 0.5) is 13.2 Å². The summed E-state index contributed by atoms with van der Waals surface area (Å²) >= 11 is -3.47. The van der Waals surface area contributed by atoms with Crippen molar-refractivity contribution in [2.24, 2.45) is 5.41 Å². The molecule has 1 aliphatic heterocycles. The van der Waals surface area contributed by atoms with Crippen LogP contribution in [0.15, 0.2) is 29.2 Å². The van der Waals surface area contributed by atoms with Gasteiger partial charge in [0.15, 0.2) is 0 Å². The summed E-state index contributed by atoms with van der Waals surface area (Å²) in [5, 5.41) is 0. The highest BCUT2D eigenvalue weighted by atomic mass is 32.2. The summed E-state index contributed by atoms with van der Waals surface area (Å²) in [6, 6.07) is 6.35. The summed E-state index contributed by atoms with van der Waals surface area (Å²) in [6.07, 6.45) is 3.49. The van der Waals surface area contributed by atoms with Gasteiger partial charge in [0.1, 0.15) is 0 Å². The molecule has 1 aromatic carbocycles. The van der Waals surface area contributed by atoms with Gasteiger partial charge in [-0.25, -0.2) is 12.6 Å². The highest BCUT2D eigenvalue weighted by molar-refractivity contribution is 7.89. The van der Waals surface area contributed by atoms with Crippen LogP contribution in [-0.4, -0.2) is 41.6 Å². The first-order valence-electron chi connectivity index (χ1n) is 9.24. The highest BCUT2D eigenvalue weighted by Gasteiger charge is 2.47. The Morgan fingerprint density at radius 2 is 1.75 bits per heavy atom. The van der Waals surface area contributed by atoms with Gasteiger partial charge in [-0.2, -0.15) is 17.5 Å². The molecule has 3 rings (SSSR count). The van der Waals surface area contributed by atoms with Crippen molar-refractivity contribution in [1.82, 2.24) is 4.31 Å². The Morgan fingerprint density at radius 1 is 1.14 bits per heavy atom. The van der Waals surface area contributed by atoms with E-state index in [0.717, 1.165) is 37.7 Å². The Balaban J connectivity index is 1.88. The Morgan fingerprint density at radius 3 is 2.32 bits per heavy atom. The van der Waals surface area contributed by atoms with Crippen LogP contribution in [0.25, 0.3) is 0 Å². The van der Waals surface area contributed by atoms with Crippen LogP contribution in [0.2, 0.25) is 0 Å². The maximum Gasteiger partial charge on any atom is 0.497 e. The molecule has 2 fully saturated rings. The van der Waals surface area contributed by atoms with Crippen molar-refractivity contribution in [2.45, 2.75) is 62.0 Å². The molecule has 1 saturated carbocycles. The van der Waals surface area contributed by atoms with E-state index in [0.29, 0.717) is 0 Å². The van der Waals surface area contributed by atoms with E-state index in [9.17, 15) is 25.8 Å². The van der Waals surface area contributed by atoms with Gasteiger partial charge < -0.3 is 0 Å². The average Bonchev–Trinajstić information content (AvgIpc) is 2.61. The van der Waals surface area contributed by atoms with Crippen molar-refractivity contribution in [1.29, 1.82) is 0 Å². The third-order valence-corrected chi connectivity index (χ3v) is 8.22. The minimum atomic E-state index is -4.99. The molecule has 5 nitrogen and oxygen atoms in total. The molecule has 1 aliphatic carbocycles. The smallest absolute Gasteiger partial charge is 0.279 e. The predicted molar refractivity (Wildman–Crippen MR) is 99.1 cm³/mol. The Hall–Kier alpha value is -0.970. The molecule has 1 aromatic rings. The number of rotatable bonds is 4. The first-order valence-corrected chi connectivity index (χ1v) is 11.8. The highest BCUT2D eigenvalue weighted by Crippen LogP contribution is 2.45. The van der Waals surface area contributed by atoms with E-state index in [1.54, 1.807) is 12.1 Å². The fourth-order valence-corrected chi connectivity index (χ4v) is 6.30. The number of sulfonamides is 1. The fourth-order valence-electron chi connectivity index (χ4n) is 4.23. The van der Waals surface area contributed by atoms with Gasteiger partial charge in [-0.3, -0.25) is 4.18 Å². The Kier molecular flexibility index (Phi) is 6.24. The van der Waals surface area contributed by atoms with Crippen LogP contribution in [0.3, 0.4) is 0 Å². The molecule has 158 valence electrons. The van der Waals surface area contributed by atoms with E-state index in [2.05, 4.69) is 0 Å². The molecule has 0 N–H and O–H groups in total. The van der Waals surface area contributed by atoms with E-state index in [1.165, 1.54) is 16.4 Å². The SMILES string of the molecule is Cc1ccc(S(=O)(=O)N2CC(OS(=O)C(F)(F)F)CC3(CCCCC3)C2)cc1. The first-order chi connectivity index (χ1) is 13.0. The quantitative estimate of drug-likeness (QED) is 0.714. The van der Waals surface area contributed by atoms with Gasteiger partial charge in [-0.15, -0.1) is 0 Å². The average molecular weight is 440 g/mol. The Bertz CT molecular complexity index is 818. The summed E-state index contributed by atoms with van der Waals surface area (Å²) in [7, 11) is -3.89. The van der Waals surface area contributed by atoms with Crippen LogP contribution in [0.5, 0.6) is 0 Å². The van der Waals surface area contributed by atoms with Crippen LogP contribution in [0.1, 0.15) is 44.1 Å². The van der Waals surface area contributed by atoms with Crippen molar-refractivity contribution < 1.29 is 30.0 Å². The molecule has 0 bridgehead atoms. The van der Waals surface area contributed by atoms with Gasteiger partial charge >= 0.3 is 5.51 Å². The van der Waals surface area contributed by atoms with Crippen LogP contribution >= 0.6 is 0 Å². The van der Waals surface area contributed by atoms with Crippen molar-refractivity contribution in [2.75, 3.05) is 13.1 Å². The largest absolute Gasteiger partial charge is 0.497 e. The number of alkyl halides is 3. The van der Waals surface area contributed by atoms with Gasteiger partial charge in [0.05, 0.1) is 11.0 Å². The second-order valence-electron chi connectivity index (χ2n) is 7.77. The number of halogens is 3. The van der Waals surface area contributed by atoms with Crippen LogP contribution in [-0.2, 0) is 25.3 Å². The lowest BCUT2D eigenvalue weighted by molar-refractivity contribution is -0.0559. The zero-order valence-corrected chi connectivity index (χ0v) is 17.2. The third kappa shape index (κ3) is 4.77. The summed E-state index contributed by atoms with van der Waals surface area (Å²) in [5.41, 5.74) is -4.52. The van der Waals surface area contributed by atoms with Crippen molar-refractivity contribution in [3.05, 3.63) is 29.8 Å². The van der Waals surface area contributed by atoms with E-state index in [-0.39, 0.29) is 24.4 Å². The minimum Gasteiger partial charge on any atom is -0.279 e. The molecule has 2 aliphatic rings. The number of hydrogen-bond acceptors (Lipinski definition) is 4. The zero-order valence-electron chi connectivity index (χ0n) is 15.6. The normalized spacial score (nSPS) is 24.9. The van der Waals surface area contributed by atoms with Crippen molar-refractivity contribution >= 4 is 21.1 Å². The molecule has 0 amide bonds. The second kappa shape index (κ2) is 8.04. The Labute approximate surface area is 166 Å². The van der Waals surface area contributed by atoms with Gasteiger partial charge in [-0.1, -0.05) is 37.0 Å². The molecule has 2 unspecified atom stereocenters. The van der Waals surface area contributed by atoms with Crippen LogP contribution in [0, 0.1) is 12.3 Å². The maximum atomic E-state index is 13.1. The maximum absolute atomic E-state index is 13.1. The lowest BCUT2D eigenvalue weighted by Gasteiger charge is -2.47. The molecular formula is C18H24F3NO4S2. The zero-order chi connectivity index (χ0) is 20.6. The summed E-state index contributed by atoms with van der Waals surface area (Å²) in [5.74, 6) is 0. The second-order valence-corrected chi connectivity index (χ2v) is 10.8. The predicted octanol–water partition coefficient (Wildman–Crippen LogP) is 3.91. The molecule has 0 aromatic heterocycles. The summed E-state index contributed by atoms with van der Waals surface area (Å²) in [4.78, 5) is 0.0988. The molecular weight excluding hydrogens is 415 g/mol. The van der Waals surface area contributed by atoms with Gasteiger partial charge in [0, 0.05) is 13.1 Å². The first kappa shape index (κ1) is 21.7. The topological polar surface area (TPSA) is 63.7 Å². The van der Waals surface area contributed by atoms with E-state index in [1.807, 2.05) is 6.92 Å².